The first-order chi connectivity index (χ1) is 11.5. The highest BCUT2D eigenvalue weighted by molar-refractivity contribution is 6.35. The number of likely N-dealkylation sites (tertiary alicyclic amines) is 1. The number of hydrogen-bond acceptors (Lipinski definition) is 4. The Balaban J connectivity index is 1.55. The Morgan fingerprint density at radius 3 is 2.88 bits per heavy atom. The second-order valence-electron chi connectivity index (χ2n) is 5.60. The van der Waals surface area contributed by atoms with Crippen molar-refractivity contribution in [2.24, 2.45) is 5.92 Å². The zero-order valence-corrected chi connectivity index (χ0v) is 14.2. The van der Waals surface area contributed by atoms with Crippen molar-refractivity contribution >= 4 is 35.1 Å². The molecule has 24 heavy (non-hydrogen) atoms. The molecule has 0 N–H and O–H groups in total. The summed E-state index contributed by atoms with van der Waals surface area (Å²) in [7, 11) is 0. The van der Waals surface area contributed by atoms with Gasteiger partial charge in [-0.15, -0.1) is 0 Å². The van der Waals surface area contributed by atoms with Gasteiger partial charge in [0.1, 0.15) is 12.4 Å². The third-order valence-corrected chi connectivity index (χ3v) is 4.45. The lowest BCUT2D eigenvalue weighted by molar-refractivity contribution is -0.149. The molecule has 0 saturated carbocycles. The number of benzene rings is 1. The molecule has 1 atom stereocenters. The maximum atomic E-state index is 12.2. The Morgan fingerprint density at radius 2 is 2.17 bits per heavy atom. The van der Waals surface area contributed by atoms with Gasteiger partial charge in [0.2, 0.25) is 5.91 Å². The van der Waals surface area contributed by atoms with Crippen LogP contribution in [0.4, 0.5) is 0 Å². The van der Waals surface area contributed by atoms with Crippen molar-refractivity contribution in [3.05, 3.63) is 58.0 Å². The van der Waals surface area contributed by atoms with E-state index in [9.17, 15) is 9.59 Å². The molecule has 1 fully saturated rings. The summed E-state index contributed by atoms with van der Waals surface area (Å²) in [5.41, 5.74) is 0.672. The molecule has 0 bridgehead atoms. The molecule has 126 valence electrons. The number of hydrogen-bond donors (Lipinski definition) is 0. The average molecular weight is 368 g/mol. The lowest BCUT2D eigenvalue weighted by Crippen LogP contribution is -2.26. The highest BCUT2D eigenvalue weighted by Gasteiger charge is 2.35. The van der Waals surface area contributed by atoms with Crippen LogP contribution in [-0.2, 0) is 27.5 Å². The molecular formula is C17H15Cl2NO4. The summed E-state index contributed by atoms with van der Waals surface area (Å²) in [6.45, 7) is 0.739. The molecule has 1 amide bonds. The summed E-state index contributed by atoms with van der Waals surface area (Å²) in [6, 6.07) is 8.54. The Kier molecular flexibility index (Phi) is 5.11. The molecule has 1 saturated heterocycles. The second-order valence-corrected chi connectivity index (χ2v) is 6.44. The summed E-state index contributed by atoms with van der Waals surface area (Å²) in [6.07, 6.45) is 1.70. The van der Waals surface area contributed by atoms with Crippen molar-refractivity contribution in [3.8, 4) is 0 Å². The SMILES string of the molecule is O=C(OCc1ccc(Cl)cc1Cl)[C@@H]1CC(=O)N(Cc2ccco2)C1. The molecular weight excluding hydrogens is 353 g/mol. The molecule has 7 heteroatoms. The van der Waals surface area contributed by atoms with Gasteiger partial charge in [0, 0.05) is 28.6 Å². The fourth-order valence-electron chi connectivity index (χ4n) is 2.58. The van der Waals surface area contributed by atoms with Crippen LogP contribution in [0.1, 0.15) is 17.7 Å². The van der Waals surface area contributed by atoms with Crippen molar-refractivity contribution in [2.75, 3.05) is 6.54 Å². The average Bonchev–Trinajstić information content (AvgIpc) is 3.17. The van der Waals surface area contributed by atoms with E-state index in [1.54, 1.807) is 41.5 Å². The number of halogens is 2. The van der Waals surface area contributed by atoms with Crippen LogP contribution in [0, 0.1) is 5.92 Å². The van der Waals surface area contributed by atoms with Crippen LogP contribution in [0.15, 0.2) is 41.0 Å². The lowest BCUT2D eigenvalue weighted by Gasteiger charge is -2.15. The first-order valence-electron chi connectivity index (χ1n) is 7.43. The predicted molar refractivity (Wildman–Crippen MR) is 88.5 cm³/mol. The van der Waals surface area contributed by atoms with Crippen LogP contribution in [0.3, 0.4) is 0 Å². The quantitative estimate of drug-likeness (QED) is 0.756. The molecule has 1 aliphatic rings. The minimum absolute atomic E-state index is 0.0533. The number of carbonyl (C=O) groups is 2. The van der Waals surface area contributed by atoms with Crippen molar-refractivity contribution < 1.29 is 18.7 Å². The number of esters is 1. The zero-order valence-electron chi connectivity index (χ0n) is 12.7. The summed E-state index contributed by atoms with van der Waals surface area (Å²) in [5.74, 6) is -0.280. The summed E-state index contributed by atoms with van der Waals surface area (Å²) in [4.78, 5) is 25.8. The van der Waals surface area contributed by atoms with Gasteiger partial charge in [-0.05, 0) is 24.3 Å². The third kappa shape index (κ3) is 3.91. The largest absolute Gasteiger partial charge is 0.467 e. The van der Waals surface area contributed by atoms with E-state index in [4.69, 9.17) is 32.4 Å². The standard InChI is InChI=1S/C17H15Cl2NO4/c18-13-4-3-11(15(19)7-13)10-24-17(22)12-6-16(21)20(8-12)9-14-2-1-5-23-14/h1-5,7,12H,6,8-10H2/t12-/m1/s1. The van der Waals surface area contributed by atoms with E-state index >= 15 is 0 Å². The van der Waals surface area contributed by atoms with Crippen molar-refractivity contribution in [1.29, 1.82) is 0 Å². The van der Waals surface area contributed by atoms with Gasteiger partial charge < -0.3 is 14.1 Å². The Bertz CT molecular complexity index is 745. The van der Waals surface area contributed by atoms with Gasteiger partial charge in [0.05, 0.1) is 18.7 Å². The van der Waals surface area contributed by atoms with Crippen molar-refractivity contribution in [2.45, 2.75) is 19.6 Å². The zero-order chi connectivity index (χ0) is 17.1. The number of rotatable bonds is 5. The number of furan rings is 1. The number of nitrogens with zero attached hydrogens (tertiary/aromatic N) is 1. The van der Waals surface area contributed by atoms with Gasteiger partial charge in [0.25, 0.3) is 0 Å². The molecule has 3 rings (SSSR count). The van der Waals surface area contributed by atoms with Gasteiger partial charge in [0.15, 0.2) is 0 Å². The summed E-state index contributed by atoms with van der Waals surface area (Å²) < 4.78 is 10.5. The predicted octanol–water partition coefficient (Wildman–Crippen LogP) is 3.68. The van der Waals surface area contributed by atoms with E-state index in [1.165, 1.54) is 0 Å². The topological polar surface area (TPSA) is 59.8 Å². The molecule has 0 unspecified atom stereocenters. The molecule has 0 spiro atoms. The van der Waals surface area contributed by atoms with Crippen LogP contribution in [0.25, 0.3) is 0 Å². The monoisotopic (exact) mass is 367 g/mol. The van der Waals surface area contributed by atoms with E-state index in [2.05, 4.69) is 0 Å². The molecule has 1 aromatic carbocycles. The van der Waals surface area contributed by atoms with E-state index in [-0.39, 0.29) is 18.9 Å². The number of carbonyl (C=O) groups excluding carboxylic acids is 2. The van der Waals surface area contributed by atoms with Crippen LogP contribution in [-0.4, -0.2) is 23.3 Å². The minimum Gasteiger partial charge on any atom is -0.467 e. The third-order valence-electron chi connectivity index (χ3n) is 3.86. The maximum Gasteiger partial charge on any atom is 0.311 e. The number of ether oxygens (including phenoxy) is 1. The first-order valence-corrected chi connectivity index (χ1v) is 8.19. The fourth-order valence-corrected chi connectivity index (χ4v) is 3.04. The van der Waals surface area contributed by atoms with E-state index < -0.39 is 11.9 Å². The van der Waals surface area contributed by atoms with Crippen molar-refractivity contribution in [3.63, 3.8) is 0 Å². The molecule has 2 aromatic rings. The molecule has 1 aliphatic heterocycles. The number of amides is 1. The van der Waals surface area contributed by atoms with E-state index in [0.717, 1.165) is 0 Å². The van der Waals surface area contributed by atoms with Gasteiger partial charge in [-0.1, -0.05) is 29.3 Å². The van der Waals surface area contributed by atoms with Crippen LogP contribution in [0.5, 0.6) is 0 Å². The smallest absolute Gasteiger partial charge is 0.311 e. The molecule has 1 aromatic heterocycles. The van der Waals surface area contributed by atoms with Gasteiger partial charge in [-0.2, -0.15) is 0 Å². The lowest BCUT2D eigenvalue weighted by atomic mass is 10.1. The molecule has 2 heterocycles. The molecule has 0 radical (unpaired) electrons. The highest BCUT2D eigenvalue weighted by atomic mass is 35.5. The van der Waals surface area contributed by atoms with E-state index in [1.807, 2.05) is 0 Å². The normalized spacial score (nSPS) is 17.3. The minimum atomic E-state index is -0.474. The summed E-state index contributed by atoms with van der Waals surface area (Å²) >= 11 is 11.9. The Labute approximate surface area is 149 Å². The van der Waals surface area contributed by atoms with Crippen LogP contribution < -0.4 is 0 Å². The fraction of sp³-hybridized carbons (Fsp3) is 0.294. The van der Waals surface area contributed by atoms with Gasteiger partial charge in [-0.3, -0.25) is 9.59 Å². The molecule has 0 aliphatic carbocycles. The Morgan fingerprint density at radius 1 is 1.33 bits per heavy atom. The first kappa shape index (κ1) is 16.9. The second kappa shape index (κ2) is 7.28. The maximum absolute atomic E-state index is 12.2. The molecule has 5 nitrogen and oxygen atoms in total. The van der Waals surface area contributed by atoms with Crippen molar-refractivity contribution in [1.82, 2.24) is 4.90 Å². The van der Waals surface area contributed by atoms with Gasteiger partial charge >= 0.3 is 5.97 Å². The van der Waals surface area contributed by atoms with Crippen LogP contribution in [0.2, 0.25) is 10.0 Å². The highest BCUT2D eigenvalue weighted by Crippen LogP contribution is 2.24. The Hall–Kier alpha value is -1.98. The van der Waals surface area contributed by atoms with Crippen LogP contribution >= 0.6 is 23.2 Å². The van der Waals surface area contributed by atoms with E-state index in [0.29, 0.717) is 34.5 Å². The van der Waals surface area contributed by atoms with Gasteiger partial charge in [-0.25, -0.2) is 0 Å². The summed E-state index contributed by atoms with van der Waals surface area (Å²) in [5, 5.41) is 0.960.